The van der Waals surface area contributed by atoms with Crippen LogP contribution in [-0.2, 0) is 35.9 Å². The number of nitrogens with one attached hydrogen (secondary N) is 1. The number of aromatic nitrogens is 2. The number of rotatable bonds is 16. The molecule has 7 nitrogen and oxygen atoms in total. The Morgan fingerprint density at radius 1 is 1.07 bits per heavy atom. The van der Waals surface area contributed by atoms with Crippen molar-refractivity contribution in [3.63, 3.8) is 0 Å². The van der Waals surface area contributed by atoms with E-state index in [1.54, 1.807) is 36.8 Å². The Hall–Kier alpha value is -3.68. The maximum atomic E-state index is 13.0. The molecular formula is C33H37Cl2N3O4. The Labute approximate surface area is 257 Å². The van der Waals surface area contributed by atoms with Crippen LogP contribution in [-0.4, -0.2) is 38.9 Å². The lowest BCUT2D eigenvalue weighted by Crippen LogP contribution is -2.27. The fourth-order valence-corrected chi connectivity index (χ4v) is 5.52. The summed E-state index contributed by atoms with van der Waals surface area (Å²) in [6.07, 6.45) is 8.15. The molecule has 2 N–H and O–H groups in total. The molecule has 0 saturated heterocycles. The molecule has 0 saturated carbocycles. The summed E-state index contributed by atoms with van der Waals surface area (Å²) in [7, 11) is 1.91. The molecule has 0 aliphatic carbocycles. The number of halogens is 2. The minimum atomic E-state index is -0.910. The van der Waals surface area contributed by atoms with Crippen molar-refractivity contribution >= 4 is 40.9 Å². The number of aryl methyl sites for hydroxylation is 2. The third-order valence-corrected chi connectivity index (χ3v) is 7.60. The number of benzene rings is 2. The standard InChI is InChI=1S/C33H37Cl2N3O4/c1-22(15-27-10-11-28(34)19-31(27)35)14-25(18-32(40)41)17-24(16-23(2)39)8-9-26-6-4-5-7-30(26)33(42)37-13-12-29-20-36-21-38(29)3/h4-7,10-11,16,19-21,25H,1,8-9,12-15,17-18H2,2-3H3,(H,37,42)(H,40,41)/b24-16-. The molecule has 0 bridgehead atoms. The number of hydrogen-bond acceptors (Lipinski definition) is 4. The molecule has 0 spiro atoms. The van der Waals surface area contributed by atoms with E-state index in [9.17, 15) is 19.5 Å². The van der Waals surface area contributed by atoms with Crippen molar-refractivity contribution in [1.82, 2.24) is 14.9 Å². The van der Waals surface area contributed by atoms with Gasteiger partial charge in [0.1, 0.15) is 0 Å². The van der Waals surface area contributed by atoms with Gasteiger partial charge >= 0.3 is 5.97 Å². The van der Waals surface area contributed by atoms with Crippen molar-refractivity contribution in [2.75, 3.05) is 6.54 Å². The molecule has 9 heteroatoms. The van der Waals surface area contributed by atoms with Gasteiger partial charge in [0.05, 0.1) is 6.33 Å². The van der Waals surface area contributed by atoms with Gasteiger partial charge in [0.2, 0.25) is 0 Å². The molecule has 3 rings (SSSR count). The van der Waals surface area contributed by atoms with Crippen LogP contribution >= 0.6 is 23.2 Å². The van der Waals surface area contributed by atoms with Gasteiger partial charge in [-0.2, -0.15) is 0 Å². The van der Waals surface area contributed by atoms with Gasteiger partial charge in [-0.05, 0) is 80.3 Å². The lowest BCUT2D eigenvalue weighted by atomic mass is 9.86. The summed E-state index contributed by atoms with van der Waals surface area (Å²) in [6, 6.07) is 12.7. The SMILES string of the molecule is C=C(Cc1ccc(Cl)cc1Cl)CC(CC(=O)O)C/C(=C\C(C)=O)CCc1ccccc1C(=O)NCCc1cncn1C. The molecule has 0 fully saturated rings. The monoisotopic (exact) mass is 609 g/mol. The number of nitrogens with zero attached hydrogens (tertiary/aromatic N) is 2. The van der Waals surface area contributed by atoms with E-state index in [1.165, 1.54) is 6.92 Å². The number of allylic oxidation sites excluding steroid dienone is 3. The van der Waals surface area contributed by atoms with Gasteiger partial charge in [0, 0.05) is 53.9 Å². The summed E-state index contributed by atoms with van der Waals surface area (Å²) >= 11 is 12.3. The minimum absolute atomic E-state index is 0.0573. The highest BCUT2D eigenvalue weighted by molar-refractivity contribution is 6.35. The summed E-state index contributed by atoms with van der Waals surface area (Å²) in [5.74, 6) is -1.43. The zero-order chi connectivity index (χ0) is 30.6. The fraction of sp³-hybridized carbons (Fsp3) is 0.333. The van der Waals surface area contributed by atoms with Crippen LogP contribution in [0.15, 0.2) is 78.8 Å². The number of hydrogen-bond donors (Lipinski definition) is 2. The third kappa shape index (κ3) is 10.6. The van der Waals surface area contributed by atoms with Gasteiger partial charge in [-0.25, -0.2) is 4.98 Å². The van der Waals surface area contributed by atoms with Gasteiger partial charge in [-0.3, -0.25) is 14.4 Å². The van der Waals surface area contributed by atoms with E-state index in [2.05, 4.69) is 16.9 Å². The lowest BCUT2D eigenvalue weighted by Gasteiger charge is -2.19. The molecule has 1 aromatic heterocycles. The summed E-state index contributed by atoms with van der Waals surface area (Å²) in [5, 5.41) is 13.7. The van der Waals surface area contributed by atoms with Crippen molar-refractivity contribution < 1.29 is 19.5 Å². The second kappa shape index (κ2) is 16.1. The number of aliphatic carboxylic acids is 1. The molecule has 42 heavy (non-hydrogen) atoms. The highest BCUT2D eigenvalue weighted by Crippen LogP contribution is 2.29. The van der Waals surface area contributed by atoms with E-state index in [4.69, 9.17) is 23.2 Å². The van der Waals surface area contributed by atoms with Crippen LogP contribution in [0.1, 0.15) is 59.8 Å². The number of ketones is 1. The van der Waals surface area contributed by atoms with Crippen LogP contribution in [0.5, 0.6) is 0 Å². The average molecular weight is 611 g/mol. The number of carboxylic acids is 1. The molecule has 0 radical (unpaired) electrons. The molecule has 1 heterocycles. The molecule has 0 aliphatic rings. The van der Waals surface area contributed by atoms with Gasteiger partial charge in [0.15, 0.2) is 5.78 Å². The van der Waals surface area contributed by atoms with Crippen LogP contribution in [0.25, 0.3) is 0 Å². The largest absolute Gasteiger partial charge is 0.481 e. The number of carbonyl (C=O) groups excluding carboxylic acids is 2. The van der Waals surface area contributed by atoms with E-state index in [0.717, 1.165) is 28.0 Å². The number of carboxylic acid groups (broad SMARTS) is 1. The maximum absolute atomic E-state index is 13.0. The van der Waals surface area contributed by atoms with E-state index in [1.807, 2.05) is 35.9 Å². The maximum Gasteiger partial charge on any atom is 0.303 e. The Balaban J connectivity index is 1.66. The van der Waals surface area contributed by atoms with E-state index >= 15 is 0 Å². The summed E-state index contributed by atoms with van der Waals surface area (Å²) < 4.78 is 1.92. The summed E-state index contributed by atoms with van der Waals surface area (Å²) in [4.78, 5) is 41.0. The number of imidazole rings is 1. The Kier molecular flexibility index (Phi) is 12.6. The van der Waals surface area contributed by atoms with Crippen LogP contribution in [0.2, 0.25) is 10.0 Å². The van der Waals surface area contributed by atoms with Crippen molar-refractivity contribution in [3.8, 4) is 0 Å². The lowest BCUT2D eigenvalue weighted by molar-refractivity contribution is -0.138. The van der Waals surface area contributed by atoms with Crippen LogP contribution in [0.4, 0.5) is 0 Å². The molecule has 3 aromatic rings. The zero-order valence-corrected chi connectivity index (χ0v) is 25.5. The van der Waals surface area contributed by atoms with Gasteiger partial charge < -0.3 is 15.0 Å². The first-order chi connectivity index (χ1) is 20.0. The first-order valence-corrected chi connectivity index (χ1v) is 14.6. The Morgan fingerprint density at radius 2 is 1.83 bits per heavy atom. The summed E-state index contributed by atoms with van der Waals surface area (Å²) in [6.45, 7) is 6.14. The fourth-order valence-electron chi connectivity index (χ4n) is 5.05. The molecule has 222 valence electrons. The van der Waals surface area contributed by atoms with Crippen LogP contribution in [0.3, 0.4) is 0 Å². The van der Waals surface area contributed by atoms with Crippen LogP contribution in [0, 0.1) is 5.92 Å². The number of amides is 1. The molecular weight excluding hydrogens is 573 g/mol. The predicted octanol–water partition coefficient (Wildman–Crippen LogP) is 6.82. The molecule has 2 aromatic carbocycles. The second-order valence-corrected chi connectivity index (χ2v) is 11.5. The zero-order valence-electron chi connectivity index (χ0n) is 24.0. The molecule has 1 amide bonds. The smallest absolute Gasteiger partial charge is 0.303 e. The van der Waals surface area contributed by atoms with Crippen molar-refractivity contribution in [3.05, 3.63) is 111 Å². The first kappa shape index (κ1) is 32.8. The van der Waals surface area contributed by atoms with E-state index in [-0.39, 0.29) is 24.0 Å². The highest BCUT2D eigenvalue weighted by atomic mass is 35.5. The predicted molar refractivity (Wildman–Crippen MR) is 167 cm³/mol. The average Bonchev–Trinajstić information content (AvgIpc) is 3.32. The normalized spacial score (nSPS) is 12.1. The van der Waals surface area contributed by atoms with E-state index in [0.29, 0.717) is 60.7 Å². The molecule has 1 unspecified atom stereocenters. The Morgan fingerprint density at radius 3 is 2.50 bits per heavy atom. The number of carbonyl (C=O) groups is 3. The van der Waals surface area contributed by atoms with Crippen molar-refractivity contribution in [2.24, 2.45) is 13.0 Å². The molecule has 1 atom stereocenters. The minimum Gasteiger partial charge on any atom is -0.481 e. The topological polar surface area (TPSA) is 101 Å². The van der Waals surface area contributed by atoms with E-state index < -0.39 is 5.97 Å². The Bertz CT molecular complexity index is 1460. The first-order valence-electron chi connectivity index (χ1n) is 13.9. The quantitative estimate of drug-likeness (QED) is 0.137. The van der Waals surface area contributed by atoms with Gasteiger partial charge in [-0.1, -0.05) is 65.2 Å². The highest BCUT2D eigenvalue weighted by Gasteiger charge is 2.19. The van der Waals surface area contributed by atoms with Gasteiger partial charge in [0.25, 0.3) is 5.91 Å². The second-order valence-electron chi connectivity index (χ2n) is 10.6. The van der Waals surface area contributed by atoms with Crippen molar-refractivity contribution in [2.45, 2.75) is 51.9 Å². The van der Waals surface area contributed by atoms with Crippen LogP contribution < -0.4 is 5.32 Å². The summed E-state index contributed by atoms with van der Waals surface area (Å²) in [5.41, 5.74) is 5.03. The van der Waals surface area contributed by atoms with Crippen molar-refractivity contribution in [1.29, 1.82) is 0 Å². The third-order valence-electron chi connectivity index (χ3n) is 7.02. The van der Waals surface area contributed by atoms with Gasteiger partial charge in [-0.15, -0.1) is 0 Å². The molecule has 0 aliphatic heterocycles.